The number of fused-ring (bicyclic) bond motifs is 1. The molecule has 0 bridgehead atoms. The molecule has 1 N–H and O–H groups in total. The minimum atomic E-state index is -0.704. The second-order valence-electron chi connectivity index (χ2n) is 7.22. The third-order valence-electron chi connectivity index (χ3n) is 5.27. The monoisotopic (exact) mass is 390 g/mol. The Hall–Kier alpha value is -3.47. The number of hydrogen-bond donors (Lipinski definition) is 1. The molecule has 1 unspecified atom stereocenters. The molecule has 1 atom stereocenters. The van der Waals surface area contributed by atoms with E-state index in [0.717, 1.165) is 32.5 Å². The molecule has 0 saturated carbocycles. The normalized spacial score (nSPS) is 15.8. The van der Waals surface area contributed by atoms with Crippen LogP contribution in [0.1, 0.15) is 37.3 Å². The van der Waals surface area contributed by atoms with Crippen molar-refractivity contribution in [3.8, 4) is 6.07 Å². The van der Waals surface area contributed by atoms with Crippen LogP contribution in [0.25, 0.3) is 11.1 Å². The number of carbonyl (C=O) groups is 1. The summed E-state index contributed by atoms with van der Waals surface area (Å²) >= 11 is 0. The number of likely N-dealkylation sites (tertiary alicyclic amines) is 1. The molecule has 4 rings (SSSR count). The fourth-order valence-electron chi connectivity index (χ4n) is 3.57. The molecule has 1 aliphatic heterocycles. The van der Waals surface area contributed by atoms with Crippen molar-refractivity contribution in [1.29, 1.82) is 5.26 Å². The Morgan fingerprint density at radius 1 is 1.31 bits per heavy atom. The Bertz CT molecular complexity index is 1020. The third-order valence-corrected chi connectivity index (χ3v) is 5.27. The summed E-state index contributed by atoms with van der Waals surface area (Å²) < 4.78 is 5.75. The minimum Gasteiger partial charge on any atom is -0.439 e. The number of para-hydroxylation sites is 2. The first-order valence-electron chi connectivity index (χ1n) is 9.71. The van der Waals surface area contributed by atoms with E-state index >= 15 is 0 Å². The molecule has 148 valence electrons. The van der Waals surface area contributed by atoms with Crippen LogP contribution in [0, 0.1) is 17.2 Å². The van der Waals surface area contributed by atoms with Crippen molar-refractivity contribution >= 4 is 23.0 Å². The van der Waals surface area contributed by atoms with Crippen LogP contribution in [0.5, 0.6) is 0 Å². The van der Waals surface area contributed by atoms with Crippen molar-refractivity contribution in [2.24, 2.45) is 5.92 Å². The zero-order valence-corrected chi connectivity index (χ0v) is 16.2. The van der Waals surface area contributed by atoms with Gasteiger partial charge in [-0.05, 0) is 37.0 Å². The van der Waals surface area contributed by atoms with Crippen LogP contribution >= 0.6 is 0 Å². The Kier molecular flexibility index (Phi) is 5.38. The highest BCUT2D eigenvalue weighted by Crippen LogP contribution is 2.26. The van der Waals surface area contributed by atoms with E-state index in [-0.39, 0.29) is 5.91 Å². The smallest absolute Gasteiger partial charge is 0.222 e. The molecule has 0 spiro atoms. The van der Waals surface area contributed by atoms with Crippen LogP contribution in [0.3, 0.4) is 0 Å². The third kappa shape index (κ3) is 4.19. The van der Waals surface area contributed by atoms with Crippen LogP contribution in [-0.2, 0) is 4.79 Å². The van der Waals surface area contributed by atoms with Gasteiger partial charge < -0.3 is 14.6 Å². The van der Waals surface area contributed by atoms with Gasteiger partial charge in [0.2, 0.25) is 17.7 Å². The highest BCUT2D eigenvalue weighted by molar-refractivity contribution is 5.73. The molecule has 2 aromatic heterocycles. The molecule has 3 heterocycles. The van der Waals surface area contributed by atoms with E-state index in [0.29, 0.717) is 34.6 Å². The van der Waals surface area contributed by atoms with E-state index in [9.17, 15) is 10.1 Å². The van der Waals surface area contributed by atoms with Crippen molar-refractivity contribution in [2.45, 2.75) is 25.7 Å². The lowest BCUT2D eigenvalue weighted by molar-refractivity contribution is -0.130. The number of oxazole rings is 1. The molecule has 1 aliphatic rings. The van der Waals surface area contributed by atoms with E-state index in [1.54, 1.807) is 19.2 Å². The maximum absolute atomic E-state index is 11.4. The molecule has 29 heavy (non-hydrogen) atoms. The van der Waals surface area contributed by atoms with Gasteiger partial charge in [-0.1, -0.05) is 12.1 Å². The van der Waals surface area contributed by atoms with Crippen LogP contribution < -0.4 is 5.32 Å². The molecule has 0 aliphatic carbocycles. The van der Waals surface area contributed by atoms with Crippen LogP contribution in [-0.4, -0.2) is 45.4 Å². The molecular weight excluding hydrogens is 368 g/mol. The van der Waals surface area contributed by atoms with Crippen molar-refractivity contribution in [3.63, 3.8) is 0 Å². The molecule has 1 aromatic carbocycles. The Morgan fingerprint density at radius 2 is 2.10 bits per heavy atom. The number of nitrogens with zero attached hydrogens (tertiary/aromatic N) is 5. The molecule has 1 fully saturated rings. The second kappa shape index (κ2) is 8.27. The van der Waals surface area contributed by atoms with E-state index in [1.165, 1.54) is 0 Å². The summed E-state index contributed by atoms with van der Waals surface area (Å²) in [5.41, 5.74) is 1.90. The Labute approximate surface area is 168 Å². The SMILES string of the molecule is CC(=O)N1CCC(CNc2nccc(C(C#N)c3nc4ccccc4o3)n2)CC1. The summed E-state index contributed by atoms with van der Waals surface area (Å²) in [6.45, 7) is 3.92. The molecule has 8 heteroatoms. The summed E-state index contributed by atoms with van der Waals surface area (Å²) in [7, 11) is 0. The number of rotatable bonds is 5. The van der Waals surface area contributed by atoms with Gasteiger partial charge in [-0.3, -0.25) is 4.79 Å². The molecule has 1 saturated heterocycles. The van der Waals surface area contributed by atoms with E-state index in [4.69, 9.17) is 4.42 Å². The van der Waals surface area contributed by atoms with Crippen LogP contribution in [0.15, 0.2) is 40.9 Å². The van der Waals surface area contributed by atoms with Crippen molar-refractivity contribution < 1.29 is 9.21 Å². The first-order chi connectivity index (χ1) is 14.1. The summed E-state index contributed by atoms with van der Waals surface area (Å²) in [5.74, 6) is 0.698. The van der Waals surface area contributed by atoms with Crippen LogP contribution in [0.2, 0.25) is 0 Å². The highest BCUT2D eigenvalue weighted by atomic mass is 16.3. The van der Waals surface area contributed by atoms with Gasteiger partial charge in [0.05, 0.1) is 11.8 Å². The predicted molar refractivity (Wildman–Crippen MR) is 107 cm³/mol. The number of nitriles is 1. The number of anilines is 1. The van der Waals surface area contributed by atoms with Gasteiger partial charge >= 0.3 is 0 Å². The lowest BCUT2D eigenvalue weighted by Gasteiger charge is -2.31. The van der Waals surface area contributed by atoms with Gasteiger partial charge in [0, 0.05) is 32.8 Å². The number of piperidine rings is 1. The first kappa shape index (κ1) is 18.9. The van der Waals surface area contributed by atoms with Gasteiger partial charge in [0.1, 0.15) is 5.52 Å². The maximum Gasteiger partial charge on any atom is 0.222 e. The zero-order valence-electron chi connectivity index (χ0n) is 16.2. The summed E-state index contributed by atoms with van der Waals surface area (Å²) in [5, 5.41) is 13.0. The summed E-state index contributed by atoms with van der Waals surface area (Å²) in [6, 6.07) is 11.4. The average molecular weight is 390 g/mol. The number of amides is 1. The van der Waals surface area contributed by atoms with Gasteiger partial charge in [-0.25, -0.2) is 15.0 Å². The fourth-order valence-corrected chi connectivity index (χ4v) is 3.57. The number of hydrogen-bond acceptors (Lipinski definition) is 7. The number of nitrogens with one attached hydrogen (secondary N) is 1. The largest absolute Gasteiger partial charge is 0.439 e. The van der Waals surface area contributed by atoms with E-state index in [1.807, 2.05) is 29.2 Å². The summed E-state index contributed by atoms with van der Waals surface area (Å²) in [6.07, 6.45) is 3.54. The predicted octanol–water partition coefficient (Wildman–Crippen LogP) is 2.94. The molecule has 1 amide bonds. The lowest BCUT2D eigenvalue weighted by atomic mass is 9.97. The second-order valence-corrected chi connectivity index (χ2v) is 7.22. The molecule has 8 nitrogen and oxygen atoms in total. The highest BCUT2D eigenvalue weighted by Gasteiger charge is 2.23. The maximum atomic E-state index is 11.4. The van der Waals surface area contributed by atoms with Gasteiger partial charge in [-0.2, -0.15) is 5.26 Å². The first-order valence-corrected chi connectivity index (χ1v) is 9.71. The number of aromatic nitrogens is 3. The fraction of sp³-hybridized carbons (Fsp3) is 0.381. The minimum absolute atomic E-state index is 0.134. The standard InChI is InChI=1S/C21H22N6O2/c1-14(28)27-10-7-15(8-11-27)13-24-21-23-9-6-17(26-21)16(12-22)20-25-18-4-2-3-5-19(18)29-20/h2-6,9,15-16H,7-8,10-11,13H2,1H3,(H,23,24,26). The average Bonchev–Trinajstić information content (AvgIpc) is 3.17. The molecule has 0 radical (unpaired) electrons. The van der Waals surface area contributed by atoms with Crippen molar-refractivity contribution in [1.82, 2.24) is 19.9 Å². The molecular formula is C21H22N6O2. The van der Waals surface area contributed by atoms with Gasteiger partial charge in [-0.15, -0.1) is 0 Å². The van der Waals surface area contributed by atoms with Crippen molar-refractivity contribution in [3.05, 3.63) is 48.1 Å². The Balaban J connectivity index is 1.44. The quantitative estimate of drug-likeness (QED) is 0.713. The van der Waals surface area contributed by atoms with Crippen molar-refractivity contribution in [2.75, 3.05) is 25.0 Å². The topological polar surface area (TPSA) is 108 Å². The Morgan fingerprint density at radius 3 is 2.83 bits per heavy atom. The van der Waals surface area contributed by atoms with Gasteiger partial charge in [0.25, 0.3) is 0 Å². The number of benzene rings is 1. The van der Waals surface area contributed by atoms with Gasteiger partial charge in [0.15, 0.2) is 11.5 Å². The summed E-state index contributed by atoms with van der Waals surface area (Å²) in [4.78, 5) is 26.5. The van der Waals surface area contributed by atoms with Crippen LogP contribution in [0.4, 0.5) is 5.95 Å². The van der Waals surface area contributed by atoms with E-state index < -0.39 is 5.92 Å². The molecule has 3 aromatic rings. The lowest BCUT2D eigenvalue weighted by Crippen LogP contribution is -2.38. The number of carbonyl (C=O) groups excluding carboxylic acids is 1. The zero-order chi connectivity index (χ0) is 20.2. The van der Waals surface area contributed by atoms with E-state index in [2.05, 4.69) is 26.3 Å².